The van der Waals surface area contributed by atoms with Gasteiger partial charge in [0.2, 0.25) is 0 Å². The number of hydrogen-bond donors (Lipinski definition) is 0. The van der Waals surface area contributed by atoms with Crippen LogP contribution in [0, 0.1) is 0 Å². The van der Waals surface area contributed by atoms with Gasteiger partial charge in [-0.05, 0) is 0 Å². The third-order valence-corrected chi connectivity index (χ3v) is 2.19. The maximum absolute atomic E-state index is 12.1. The summed E-state index contributed by atoms with van der Waals surface area (Å²) in [6.45, 7) is 0. The molecule has 0 spiro atoms. The summed E-state index contributed by atoms with van der Waals surface area (Å²) in [6.07, 6.45) is -8.72. The quantitative estimate of drug-likeness (QED) is 0.558. The van der Waals surface area contributed by atoms with Gasteiger partial charge in [0.05, 0.1) is 0 Å². The lowest BCUT2D eigenvalue weighted by Crippen LogP contribution is -2.39. The first-order chi connectivity index (χ1) is 6.52. The molecule has 0 aromatic heterocycles. The van der Waals surface area contributed by atoms with Crippen molar-refractivity contribution in [2.45, 2.75) is 18.1 Å². The molecule has 0 aliphatic carbocycles. The van der Waals surface area contributed by atoms with Gasteiger partial charge in [-0.2, -0.15) is 26.0 Å². The fourth-order valence-electron chi connectivity index (χ4n) is 0.309. The van der Waals surface area contributed by atoms with Crippen molar-refractivity contribution in [2.24, 2.45) is 0 Å². The van der Waals surface area contributed by atoms with Crippen LogP contribution >= 0.6 is 0 Å². The normalized spacial score (nSPS) is 13.3. The van der Waals surface area contributed by atoms with Gasteiger partial charge in [0.1, 0.15) is 0 Å². The van der Waals surface area contributed by atoms with Crippen molar-refractivity contribution in [3.8, 4) is 0 Å². The van der Waals surface area contributed by atoms with E-state index in [1.165, 1.54) is 0 Å². The minimum atomic E-state index is -6.42. The molecule has 0 aromatic carbocycles. The van der Waals surface area contributed by atoms with E-state index in [1.54, 1.807) is 0 Å². The van der Waals surface area contributed by atoms with E-state index in [1.807, 2.05) is 0 Å². The molecule has 0 aliphatic rings. The highest BCUT2D eigenvalue weighted by molar-refractivity contribution is 7.88. The van der Waals surface area contributed by atoms with Crippen molar-refractivity contribution in [3.63, 3.8) is 0 Å². The predicted octanol–water partition coefficient (Wildman–Crippen LogP) is 0.982. The van der Waals surface area contributed by atoms with E-state index >= 15 is 0 Å². The van der Waals surface area contributed by atoms with Crippen LogP contribution in [0.5, 0.6) is 0 Å². The monoisotopic (exact) mass is 260 g/mol. The Morgan fingerprint density at radius 3 is 1.80 bits per heavy atom. The van der Waals surface area contributed by atoms with Gasteiger partial charge in [-0.15, -0.1) is 0 Å². The third kappa shape index (κ3) is 2.97. The first kappa shape index (κ1) is 14.0. The van der Waals surface area contributed by atoms with Gasteiger partial charge < -0.3 is 4.18 Å². The minimum absolute atomic E-state index is 2.58. The van der Waals surface area contributed by atoms with Gasteiger partial charge >= 0.3 is 34.2 Å². The number of rotatable bonds is 4. The van der Waals surface area contributed by atoms with E-state index in [0.717, 1.165) is 0 Å². The molecule has 90 valence electrons. The molecule has 11 heteroatoms. The number of halogens is 6. The molecule has 0 saturated heterocycles. The molecule has 15 heavy (non-hydrogen) atoms. The molecule has 0 rings (SSSR count). The van der Waals surface area contributed by atoms with Crippen molar-refractivity contribution in [2.75, 3.05) is 0 Å². The summed E-state index contributed by atoms with van der Waals surface area (Å²) in [6, 6.07) is 0. The largest absolute Gasteiger partial charge is 0.439 e. The Morgan fingerprint density at radius 2 is 1.53 bits per heavy atom. The second-order valence-corrected chi connectivity index (χ2v) is 3.64. The van der Waals surface area contributed by atoms with E-state index < -0.39 is 34.2 Å². The lowest BCUT2D eigenvalue weighted by molar-refractivity contribution is -0.147. The number of carbonyl (C=O) groups excluding carboxylic acids is 1. The smallest absolute Gasteiger partial charge is 0.336 e. The number of alkyl halides is 6. The van der Waals surface area contributed by atoms with E-state index in [9.17, 15) is 39.6 Å². The van der Waals surface area contributed by atoms with Gasteiger partial charge in [0.25, 0.3) is 0 Å². The molecule has 0 radical (unpaired) electrons. The molecule has 0 saturated carbocycles. The maximum Gasteiger partial charge on any atom is 0.439 e. The van der Waals surface area contributed by atoms with Gasteiger partial charge in [-0.3, -0.25) is 0 Å². The van der Waals surface area contributed by atoms with Crippen LogP contribution in [0.3, 0.4) is 0 Å². The predicted molar refractivity (Wildman–Crippen MR) is 32.0 cm³/mol. The zero-order chi connectivity index (χ0) is 12.4. The molecule has 0 fully saturated rings. The molecular weight excluding hydrogens is 258 g/mol. The Hall–Kier alpha value is -1.00. The number of carbonyl (C=O) groups is 1. The molecular formula is C4H2F6O4S. The molecule has 0 amide bonds. The summed E-state index contributed by atoms with van der Waals surface area (Å²) in [4.78, 5) is 9.90. The first-order valence-electron chi connectivity index (χ1n) is 2.94. The Morgan fingerprint density at radius 1 is 1.13 bits per heavy atom. The second kappa shape index (κ2) is 4.24. The summed E-state index contributed by atoms with van der Waals surface area (Å²) < 4.78 is 92.8. The zero-order valence-corrected chi connectivity index (χ0v) is 7.28. The van der Waals surface area contributed by atoms with Gasteiger partial charge in [-0.1, -0.05) is 0 Å². The lowest BCUT2D eigenvalue weighted by atomic mass is 10.7. The van der Waals surface area contributed by atoms with Crippen molar-refractivity contribution in [3.05, 3.63) is 0 Å². The van der Waals surface area contributed by atoms with E-state index in [4.69, 9.17) is 0 Å². The van der Waals surface area contributed by atoms with E-state index in [0.29, 0.717) is 0 Å². The summed E-state index contributed by atoms with van der Waals surface area (Å²) in [5, 5.41) is -5.72. The molecule has 0 aliphatic heterocycles. The summed E-state index contributed by atoms with van der Waals surface area (Å²) in [5.74, 6) is -2.85. The van der Waals surface area contributed by atoms with Crippen LogP contribution in [0.15, 0.2) is 0 Å². The molecule has 4 nitrogen and oxygen atoms in total. The van der Waals surface area contributed by atoms with Gasteiger partial charge in [0.15, 0.2) is 0 Å². The highest BCUT2D eigenvalue weighted by Crippen LogP contribution is 2.30. The molecule has 0 bridgehead atoms. The molecule has 0 N–H and O–H groups in total. The average molecular weight is 260 g/mol. The standard InChI is InChI=1S/C4H2F6O4S/c5-1(6)2(11)14-15(12,13)4(9,10)3(7)8/h1,3H. The summed E-state index contributed by atoms with van der Waals surface area (Å²) in [7, 11) is -6.42. The van der Waals surface area contributed by atoms with Crippen molar-refractivity contribution < 1.29 is 43.7 Å². The van der Waals surface area contributed by atoms with E-state index in [-0.39, 0.29) is 0 Å². The van der Waals surface area contributed by atoms with Gasteiger partial charge in [-0.25, -0.2) is 13.6 Å². The van der Waals surface area contributed by atoms with Gasteiger partial charge in [0, 0.05) is 0 Å². The lowest BCUT2D eigenvalue weighted by Gasteiger charge is -2.14. The zero-order valence-electron chi connectivity index (χ0n) is 6.46. The topological polar surface area (TPSA) is 60.4 Å². The van der Waals surface area contributed by atoms with Crippen LogP contribution in [-0.2, 0) is 19.1 Å². The number of hydrogen-bond acceptors (Lipinski definition) is 4. The molecule has 0 atom stereocenters. The summed E-state index contributed by atoms with van der Waals surface area (Å²) in [5.41, 5.74) is 0. The van der Waals surface area contributed by atoms with Crippen LogP contribution in [-0.4, -0.2) is 32.5 Å². The van der Waals surface area contributed by atoms with Crippen molar-refractivity contribution in [1.29, 1.82) is 0 Å². The van der Waals surface area contributed by atoms with Crippen molar-refractivity contribution >= 4 is 16.1 Å². The molecule has 0 aromatic rings. The second-order valence-electron chi connectivity index (χ2n) is 2.02. The van der Waals surface area contributed by atoms with Crippen LogP contribution in [0.1, 0.15) is 0 Å². The third-order valence-electron chi connectivity index (χ3n) is 0.957. The Bertz CT molecular complexity index is 335. The fourth-order valence-corrected chi connectivity index (χ4v) is 0.927. The average Bonchev–Trinajstić information content (AvgIpc) is 2.02. The highest BCUT2D eigenvalue weighted by Gasteiger charge is 2.57. The minimum Gasteiger partial charge on any atom is -0.336 e. The van der Waals surface area contributed by atoms with Crippen molar-refractivity contribution in [1.82, 2.24) is 0 Å². The Labute approximate surface area is 78.9 Å². The maximum atomic E-state index is 12.1. The summed E-state index contributed by atoms with van der Waals surface area (Å²) >= 11 is 0. The SMILES string of the molecule is O=C(OS(=O)(=O)C(F)(F)C(F)F)C(F)F. The molecule has 0 heterocycles. The van der Waals surface area contributed by atoms with E-state index in [2.05, 4.69) is 4.18 Å². The highest BCUT2D eigenvalue weighted by atomic mass is 32.2. The van der Waals surface area contributed by atoms with Crippen LogP contribution in [0.2, 0.25) is 0 Å². The Balaban J connectivity index is 4.94. The first-order valence-corrected chi connectivity index (χ1v) is 4.35. The van der Waals surface area contributed by atoms with Crippen LogP contribution < -0.4 is 0 Å². The van der Waals surface area contributed by atoms with Crippen LogP contribution in [0.25, 0.3) is 0 Å². The fraction of sp³-hybridized carbons (Fsp3) is 0.750. The Kier molecular flexibility index (Phi) is 3.96. The van der Waals surface area contributed by atoms with Crippen LogP contribution in [0.4, 0.5) is 26.3 Å². The molecule has 0 unspecified atom stereocenters.